The van der Waals surface area contributed by atoms with E-state index in [1.165, 1.54) is 0 Å². The molecule has 0 aliphatic carbocycles. The Balaban J connectivity index is 3.70. The quantitative estimate of drug-likeness (QED) is 0.652. The summed E-state index contributed by atoms with van der Waals surface area (Å²) < 4.78 is 13.2. The maximum absolute atomic E-state index is 13.2. The Hall–Kier alpha value is -0.110. The second-order valence-electron chi connectivity index (χ2n) is 3.32. The van der Waals surface area contributed by atoms with Crippen molar-refractivity contribution in [2.45, 2.75) is 33.4 Å². The van der Waals surface area contributed by atoms with Crippen LogP contribution >= 0.6 is 0 Å². The van der Waals surface area contributed by atoms with Gasteiger partial charge in [0.15, 0.2) is 0 Å². The summed E-state index contributed by atoms with van der Waals surface area (Å²) in [7, 11) is 1.79. The zero-order chi connectivity index (χ0) is 8.85. The van der Waals surface area contributed by atoms with Gasteiger partial charge in [-0.3, -0.25) is 0 Å². The monoisotopic (exact) mass is 161 g/mol. The standard InChI is InChI=1S/C9H20FN/c1-5-7(2)8(3)9(10)6-11-4/h7-9,11H,5-6H2,1-4H3/t7-,8?,9?/m0/s1. The van der Waals surface area contributed by atoms with Gasteiger partial charge < -0.3 is 5.32 Å². The minimum absolute atomic E-state index is 0.174. The first-order valence-electron chi connectivity index (χ1n) is 4.42. The van der Waals surface area contributed by atoms with Crippen molar-refractivity contribution in [3.8, 4) is 0 Å². The summed E-state index contributed by atoms with van der Waals surface area (Å²) in [5.74, 6) is 0.658. The third kappa shape index (κ3) is 3.71. The highest BCUT2D eigenvalue weighted by molar-refractivity contribution is 4.70. The van der Waals surface area contributed by atoms with Gasteiger partial charge in [-0.2, -0.15) is 0 Å². The zero-order valence-corrected chi connectivity index (χ0v) is 8.02. The molecular formula is C9H20FN. The van der Waals surface area contributed by atoms with Crippen molar-refractivity contribution in [1.82, 2.24) is 5.32 Å². The minimum atomic E-state index is -0.699. The molecule has 0 bridgehead atoms. The van der Waals surface area contributed by atoms with E-state index in [1.54, 1.807) is 7.05 Å². The summed E-state index contributed by atoms with van der Waals surface area (Å²) in [4.78, 5) is 0. The largest absolute Gasteiger partial charge is 0.317 e. The lowest BCUT2D eigenvalue weighted by molar-refractivity contribution is 0.183. The zero-order valence-electron chi connectivity index (χ0n) is 8.02. The molecule has 0 saturated heterocycles. The number of hydrogen-bond donors (Lipinski definition) is 1. The molecule has 0 heterocycles. The summed E-state index contributed by atoms with van der Waals surface area (Å²) in [6.45, 7) is 6.67. The van der Waals surface area contributed by atoms with E-state index in [9.17, 15) is 4.39 Å². The molecule has 2 heteroatoms. The van der Waals surface area contributed by atoms with Crippen molar-refractivity contribution >= 4 is 0 Å². The topological polar surface area (TPSA) is 12.0 Å². The van der Waals surface area contributed by atoms with Crippen molar-refractivity contribution in [1.29, 1.82) is 0 Å². The third-order valence-corrected chi connectivity index (χ3v) is 2.51. The molecule has 0 amide bonds. The van der Waals surface area contributed by atoms with Gasteiger partial charge in [0.1, 0.15) is 6.17 Å². The predicted molar refractivity (Wildman–Crippen MR) is 47.4 cm³/mol. The summed E-state index contributed by atoms with van der Waals surface area (Å²) in [6, 6.07) is 0. The van der Waals surface area contributed by atoms with Crippen LogP contribution in [0.15, 0.2) is 0 Å². The SMILES string of the molecule is CC[C@H](C)C(C)C(F)CNC. The van der Waals surface area contributed by atoms with Gasteiger partial charge >= 0.3 is 0 Å². The molecule has 0 radical (unpaired) electrons. The van der Waals surface area contributed by atoms with Crippen molar-refractivity contribution in [2.24, 2.45) is 11.8 Å². The first-order chi connectivity index (χ1) is 5.13. The molecule has 0 aliphatic heterocycles. The van der Waals surface area contributed by atoms with Crippen molar-refractivity contribution in [2.75, 3.05) is 13.6 Å². The number of rotatable bonds is 5. The van der Waals surface area contributed by atoms with Crippen LogP contribution in [0, 0.1) is 11.8 Å². The van der Waals surface area contributed by atoms with Gasteiger partial charge in [0.05, 0.1) is 0 Å². The van der Waals surface area contributed by atoms with E-state index in [1.807, 2.05) is 6.92 Å². The van der Waals surface area contributed by atoms with Crippen molar-refractivity contribution in [3.05, 3.63) is 0 Å². The summed E-state index contributed by atoms with van der Waals surface area (Å²) >= 11 is 0. The van der Waals surface area contributed by atoms with Crippen LogP contribution in [0.1, 0.15) is 27.2 Å². The lowest BCUT2D eigenvalue weighted by atomic mass is 9.89. The van der Waals surface area contributed by atoms with Crippen LogP contribution in [0.5, 0.6) is 0 Å². The maximum atomic E-state index is 13.2. The van der Waals surface area contributed by atoms with Crippen LogP contribution < -0.4 is 5.32 Å². The Kier molecular flexibility index (Phi) is 5.47. The molecule has 2 unspecified atom stereocenters. The van der Waals surface area contributed by atoms with E-state index in [0.717, 1.165) is 6.42 Å². The fourth-order valence-electron chi connectivity index (χ4n) is 1.11. The Labute approximate surface area is 69.4 Å². The lowest BCUT2D eigenvalue weighted by Crippen LogP contribution is -2.29. The van der Waals surface area contributed by atoms with Gasteiger partial charge in [-0.25, -0.2) is 4.39 Å². The van der Waals surface area contributed by atoms with Crippen molar-refractivity contribution < 1.29 is 4.39 Å². The smallest absolute Gasteiger partial charge is 0.115 e. The highest BCUT2D eigenvalue weighted by atomic mass is 19.1. The van der Waals surface area contributed by atoms with Gasteiger partial charge in [0.25, 0.3) is 0 Å². The van der Waals surface area contributed by atoms with Gasteiger partial charge in [-0.15, -0.1) is 0 Å². The molecule has 1 nitrogen and oxygen atoms in total. The molecule has 0 aromatic rings. The van der Waals surface area contributed by atoms with E-state index in [2.05, 4.69) is 19.2 Å². The average Bonchev–Trinajstić information content (AvgIpc) is 2.02. The van der Waals surface area contributed by atoms with Gasteiger partial charge in [0.2, 0.25) is 0 Å². The normalized spacial score (nSPS) is 19.4. The third-order valence-electron chi connectivity index (χ3n) is 2.51. The van der Waals surface area contributed by atoms with Crippen LogP contribution in [-0.2, 0) is 0 Å². The Bertz CT molecular complexity index is 95.6. The molecule has 0 spiro atoms. The number of hydrogen-bond acceptors (Lipinski definition) is 1. The Morgan fingerprint density at radius 2 is 1.91 bits per heavy atom. The Morgan fingerprint density at radius 3 is 2.27 bits per heavy atom. The van der Waals surface area contributed by atoms with Gasteiger partial charge in [-0.1, -0.05) is 27.2 Å². The van der Waals surface area contributed by atoms with E-state index in [0.29, 0.717) is 12.5 Å². The number of alkyl halides is 1. The van der Waals surface area contributed by atoms with Crippen LogP contribution in [0.4, 0.5) is 4.39 Å². The molecule has 0 saturated carbocycles. The highest BCUT2D eigenvalue weighted by Crippen LogP contribution is 2.19. The van der Waals surface area contributed by atoms with E-state index >= 15 is 0 Å². The molecule has 0 fully saturated rings. The fourth-order valence-corrected chi connectivity index (χ4v) is 1.11. The molecule has 1 N–H and O–H groups in total. The summed E-state index contributed by atoms with van der Waals surface area (Å²) in [5.41, 5.74) is 0. The van der Waals surface area contributed by atoms with Crippen LogP contribution in [0.25, 0.3) is 0 Å². The maximum Gasteiger partial charge on any atom is 0.115 e. The second-order valence-corrected chi connectivity index (χ2v) is 3.32. The van der Waals surface area contributed by atoms with E-state index in [-0.39, 0.29) is 5.92 Å². The molecule has 0 aliphatic rings. The molecule has 0 aromatic carbocycles. The highest BCUT2D eigenvalue weighted by Gasteiger charge is 2.19. The average molecular weight is 161 g/mol. The molecule has 11 heavy (non-hydrogen) atoms. The van der Waals surface area contributed by atoms with Gasteiger partial charge in [0, 0.05) is 6.54 Å². The molecule has 0 aromatic heterocycles. The minimum Gasteiger partial charge on any atom is -0.317 e. The van der Waals surface area contributed by atoms with Crippen LogP contribution in [-0.4, -0.2) is 19.8 Å². The van der Waals surface area contributed by atoms with Crippen molar-refractivity contribution in [3.63, 3.8) is 0 Å². The van der Waals surface area contributed by atoms with E-state index < -0.39 is 6.17 Å². The number of halogens is 1. The van der Waals surface area contributed by atoms with Crippen LogP contribution in [0.2, 0.25) is 0 Å². The molecule has 3 atom stereocenters. The lowest BCUT2D eigenvalue weighted by Gasteiger charge is -2.21. The molecular weight excluding hydrogens is 141 g/mol. The number of nitrogens with one attached hydrogen (secondary N) is 1. The summed E-state index contributed by atoms with van der Waals surface area (Å²) in [6.07, 6.45) is 0.362. The van der Waals surface area contributed by atoms with Crippen LogP contribution in [0.3, 0.4) is 0 Å². The first-order valence-corrected chi connectivity index (χ1v) is 4.42. The second kappa shape index (κ2) is 5.53. The fraction of sp³-hybridized carbons (Fsp3) is 1.00. The summed E-state index contributed by atoms with van der Waals surface area (Å²) in [5, 5.41) is 2.85. The Morgan fingerprint density at radius 1 is 1.36 bits per heavy atom. The first kappa shape index (κ1) is 10.9. The predicted octanol–water partition coefficient (Wildman–Crippen LogP) is 2.23. The molecule has 0 rings (SSSR count). The molecule has 68 valence electrons. The van der Waals surface area contributed by atoms with E-state index in [4.69, 9.17) is 0 Å². The van der Waals surface area contributed by atoms with Gasteiger partial charge in [-0.05, 0) is 18.9 Å².